The van der Waals surface area contributed by atoms with Crippen LogP contribution in [0.1, 0.15) is 21.1 Å². The first kappa shape index (κ1) is 13.0. The number of amides is 1. The Hall–Kier alpha value is -1.47. The van der Waals surface area contributed by atoms with Crippen molar-refractivity contribution in [2.24, 2.45) is 0 Å². The molecule has 18 heavy (non-hydrogen) atoms. The first-order valence-electron chi connectivity index (χ1n) is 5.51. The van der Waals surface area contributed by atoms with E-state index >= 15 is 0 Å². The molecule has 2 aromatic rings. The van der Waals surface area contributed by atoms with Crippen molar-refractivity contribution in [3.05, 3.63) is 27.2 Å². The maximum Gasteiger partial charge on any atom is 0.270 e. The van der Waals surface area contributed by atoms with Gasteiger partial charge in [-0.05, 0) is 6.92 Å². The predicted octanol–water partition coefficient (Wildman–Crippen LogP) is 1.92. The summed E-state index contributed by atoms with van der Waals surface area (Å²) in [6.45, 7) is 2.58. The first-order valence-corrected chi connectivity index (χ1v) is 7.27. The highest BCUT2D eigenvalue weighted by Gasteiger charge is 2.10. The van der Waals surface area contributed by atoms with E-state index in [0.29, 0.717) is 12.2 Å². The number of hydrogen-bond acceptors (Lipinski definition) is 6. The van der Waals surface area contributed by atoms with Gasteiger partial charge in [0.2, 0.25) is 0 Å². The van der Waals surface area contributed by atoms with Crippen molar-refractivity contribution >= 4 is 33.7 Å². The summed E-state index contributed by atoms with van der Waals surface area (Å²) >= 11 is 3.04. The zero-order chi connectivity index (χ0) is 13.0. The van der Waals surface area contributed by atoms with Gasteiger partial charge >= 0.3 is 0 Å². The molecule has 2 N–H and O–H groups in total. The molecule has 0 bridgehead atoms. The molecule has 0 radical (unpaired) electrons. The summed E-state index contributed by atoms with van der Waals surface area (Å²) in [6.07, 6.45) is 0.811. The number of carbonyl (C=O) groups is 1. The van der Waals surface area contributed by atoms with Crippen molar-refractivity contribution in [2.75, 3.05) is 18.9 Å². The molecule has 2 rings (SSSR count). The fourth-order valence-electron chi connectivity index (χ4n) is 1.44. The molecule has 0 aliphatic carbocycles. The summed E-state index contributed by atoms with van der Waals surface area (Å²) in [5.41, 5.74) is 3.33. The minimum Gasteiger partial charge on any atom is -0.365 e. The Labute approximate surface area is 113 Å². The average Bonchev–Trinajstić information content (AvgIpc) is 2.98. The van der Waals surface area contributed by atoms with Crippen LogP contribution in [-0.2, 0) is 6.42 Å². The lowest BCUT2D eigenvalue weighted by atomic mass is 10.3. The highest BCUT2D eigenvalue weighted by molar-refractivity contribution is 7.13. The summed E-state index contributed by atoms with van der Waals surface area (Å²) in [7, 11) is 1.78. The minimum atomic E-state index is -0.130. The van der Waals surface area contributed by atoms with Gasteiger partial charge in [-0.3, -0.25) is 4.79 Å². The molecule has 0 spiro atoms. The monoisotopic (exact) mass is 282 g/mol. The van der Waals surface area contributed by atoms with Crippen LogP contribution in [0.5, 0.6) is 0 Å². The molecule has 0 saturated heterocycles. The fraction of sp³-hybridized carbons (Fsp3) is 0.364. The van der Waals surface area contributed by atoms with Gasteiger partial charge in [-0.2, -0.15) is 0 Å². The van der Waals surface area contributed by atoms with E-state index in [0.717, 1.165) is 17.2 Å². The molecule has 0 aliphatic heterocycles. The Morgan fingerprint density at radius 1 is 1.44 bits per heavy atom. The van der Waals surface area contributed by atoms with E-state index in [1.807, 2.05) is 12.4 Å². The Kier molecular flexibility index (Phi) is 4.27. The van der Waals surface area contributed by atoms with Crippen molar-refractivity contribution in [2.45, 2.75) is 13.3 Å². The quantitative estimate of drug-likeness (QED) is 0.879. The third-order valence-electron chi connectivity index (χ3n) is 2.43. The lowest BCUT2D eigenvalue weighted by molar-refractivity contribution is 0.0950. The van der Waals surface area contributed by atoms with E-state index in [1.54, 1.807) is 23.8 Å². The predicted molar refractivity (Wildman–Crippen MR) is 74.5 cm³/mol. The number of aryl methyl sites for hydroxylation is 1. The Morgan fingerprint density at radius 2 is 2.28 bits per heavy atom. The molecule has 0 fully saturated rings. The third-order valence-corrected chi connectivity index (χ3v) is 4.29. The number of anilines is 1. The molecule has 7 heteroatoms. The molecule has 0 atom stereocenters. The molecule has 0 saturated carbocycles. The van der Waals surface area contributed by atoms with Gasteiger partial charge in [0.1, 0.15) is 5.69 Å². The second kappa shape index (κ2) is 5.92. The van der Waals surface area contributed by atoms with Gasteiger partial charge in [0.05, 0.1) is 11.2 Å². The number of thiazole rings is 2. The lowest BCUT2D eigenvalue weighted by Crippen LogP contribution is -2.25. The van der Waals surface area contributed by atoms with Crippen molar-refractivity contribution < 1.29 is 4.79 Å². The maximum absolute atomic E-state index is 11.8. The number of nitrogens with zero attached hydrogens (tertiary/aromatic N) is 2. The van der Waals surface area contributed by atoms with Crippen molar-refractivity contribution in [3.8, 4) is 0 Å². The van der Waals surface area contributed by atoms with Crippen LogP contribution in [0.25, 0.3) is 0 Å². The van der Waals surface area contributed by atoms with Gasteiger partial charge in [0.25, 0.3) is 5.91 Å². The van der Waals surface area contributed by atoms with E-state index in [-0.39, 0.29) is 5.91 Å². The highest BCUT2D eigenvalue weighted by atomic mass is 32.1. The zero-order valence-electron chi connectivity index (χ0n) is 10.2. The van der Waals surface area contributed by atoms with Gasteiger partial charge < -0.3 is 10.6 Å². The van der Waals surface area contributed by atoms with E-state index in [1.165, 1.54) is 16.2 Å². The Balaban J connectivity index is 1.83. The number of carbonyl (C=O) groups excluding carboxylic acids is 1. The minimum absolute atomic E-state index is 0.130. The third kappa shape index (κ3) is 3.05. The topological polar surface area (TPSA) is 66.9 Å². The van der Waals surface area contributed by atoms with Gasteiger partial charge in [-0.25, -0.2) is 9.97 Å². The molecule has 2 aromatic heterocycles. The molecule has 0 aliphatic rings. The molecule has 1 amide bonds. The van der Waals surface area contributed by atoms with Gasteiger partial charge in [0.15, 0.2) is 5.13 Å². The number of nitrogens with one attached hydrogen (secondary N) is 2. The van der Waals surface area contributed by atoms with Crippen LogP contribution < -0.4 is 10.6 Å². The van der Waals surface area contributed by atoms with Crippen LogP contribution in [0.15, 0.2) is 10.9 Å². The van der Waals surface area contributed by atoms with Gasteiger partial charge in [-0.1, -0.05) is 0 Å². The van der Waals surface area contributed by atoms with Crippen LogP contribution in [-0.4, -0.2) is 29.5 Å². The summed E-state index contributed by atoms with van der Waals surface area (Å²) in [5.74, 6) is -0.130. The lowest BCUT2D eigenvalue weighted by Gasteiger charge is -2.02. The van der Waals surface area contributed by atoms with Crippen LogP contribution >= 0.6 is 22.7 Å². The van der Waals surface area contributed by atoms with Gasteiger partial charge in [0, 0.05) is 30.3 Å². The Morgan fingerprint density at radius 3 is 2.89 bits per heavy atom. The van der Waals surface area contributed by atoms with Gasteiger partial charge in [-0.15, -0.1) is 22.7 Å². The highest BCUT2D eigenvalue weighted by Crippen LogP contribution is 2.14. The van der Waals surface area contributed by atoms with Crippen LogP contribution in [0.3, 0.4) is 0 Å². The van der Waals surface area contributed by atoms with Crippen LogP contribution in [0.4, 0.5) is 5.13 Å². The molecule has 0 unspecified atom stereocenters. The standard InChI is InChI=1S/C11H14N4OS2/c1-7-9(18-6-14-7)3-4-13-10(16)8-5-17-11(12-2)15-8/h5-6H,3-4H2,1-2H3,(H,12,15)(H,13,16). The largest absolute Gasteiger partial charge is 0.365 e. The normalized spacial score (nSPS) is 10.3. The first-order chi connectivity index (χ1) is 8.70. The number of rotatable bonds is 5. The van der Waals surface area contributed by atoms with Crippen molar-refractivity contribution in [3.63, 3.8) is 0 Å². The van der Waals surface area contributed by atoms with Crippen LogP contribution in [0, 0.1) is 6.92 Å². The summed E-state index contributed by atoms with van der Waals surface area (Å²) in [5, 5.41) is 8.26. The summed E-state index contributed by atoms with van der Waals surface area (Å²) in [4.78, 5) is 21.3. The van der Waals surface area contributed by atoms with Crippen molar-refractivity contribution in [1.82, 2.24) is 15.3 Å². The zero-order valence-corrected chi connectivity index (χ0v) is 11.8. The molecule has 0 aromatic carbocycles. The van der Waals surface area contributed by atoms with E-state index in [4.69, 9.17) is 0 Å². The van der Waals surface area contributed by atoms with E-state index in [9.17, 15) is 4.79 Å². The SMILES string of the molecule is CNc1nc(C(=O)NCCc2scnc2C)cs1. The van der Waals surface area contributed by atoms with Crippen LogP contribution in [0.2, 0.25) is 0 Å². The smallest absolute Gasteiger partial charge is 0.270 e. The molecular formula is C11H14N4OS2. The second-order valence-electron chi connectivity index (χ2n) is 3.65. The van der Waals surface area contributed by atoms with E-state index in [2.05, 4.69) is 20.6 Å². The average molecular weight is 282 g/mol. The molecular weight excluding hydrogens is 268 g/mol. The summed E-state index contributed by atoms with van der Waals surface area (Å²) in [6, 6.07) is 0. The van der Waals surface area contributed by atoms with E-state index < -0.39 is 0 Å². The number of hydrogen-bond donors (Lipinski definition) is 2. The summed E-state index contributed by atoms with van der Waals surface area (Å²) < 4.78 is 0. The molecule has 96 valence electrons. The second-order valence-corrected chi connectivity index (χ2v) is 5.45. The fourth-order valence-corrected chi connectivity index (χ4v) is 2.87. The maximum atomic E-state index is 11.8. The molecule has 5 nitrogen and oxygen atoms in total. The Bertz CT molecular complexity index is 535. The molecule has 2 heterocycles. The number of aromatic nitrogens is 2. The van der Waals surface area contributed by atoms with Crippen molar-refractivity contribution in [1.29, 1.82) is 0 Å².